The van der Waals surface area contributed by atoms with Crippen molar-refractivity contribution in [1.29, 1.82) is 0 Å². The lowest BCUT2D eigenvalue weighted by Gasteiger charge is -2.35. The maximum atomic E-state index is 12.7. The number of benzene rings is 1. The number of rotatable bonds is 6. The number of amides is 2. The van der Waals surface area contributed by atoms with Crippen LogP contribution in [0.1, 0.15) is 32.3 Å². The van der Waals surface area contributed by atoms with E-state index in [1.807, 2.05) is 0 Å². The first-order chi connectivity index (χ1) is 12.7. The molecule has 1 aromatic carbocycles. The Morgan fingerprint density at radius 2 is 1.67 bits per heavy atom. The van der Waals surface area contributed by atoms with Gasteiger partial charge in [-0.15, -0.1) is 0 Å². The van der Waals surface area contributed by atoms with Crippen molar-refractivity contribution in [3.8, 4) is 0 Å². The summed E-state index contributed by atoms with van der Waals surface area (Å²) in [6.07, 6.45) is -3.05. The van der Waals surface area contributed by atoms with Gasteiger partial charge in [-0.1, -0.05) is 19.9 Å². The summed E-state index contributed by atoms with van der Waals surface area (Å²) >= 11 is 0. The lowest BCUT2D eigenvalue weighted by molar-refractivity contribution is -0.138. The Morgan fingerprint density at radius 3 is 2.22 bits per heavy atom. The van der Waals surface area contributed by atoms with Gasteiger partial charge in [0.2, 0.25) is 11.8 Å². The van der Waals surface area contributed by atoms with Gasteiger partial charge >= 0.3 is 6.18 Å². The average Bonchev–Trinajstić information content (AvgIpc) is 2.63. The molecule has 0 saturated carbocycles. The van der Waals surface area contributed by atoms with Crippen LogP contribution in [0.5, 0.6) is 0 Å². The summed E-state index contributed by atoms with van der Waals surface area (Å²) in [7, 11) is 0. The highest BCUT2D eigenvalue weighted by molar-refractivity contribution is 5.81. The monoisotopic (exact) mass is 385 g/mol. The molecule has 1 aliphatic rings. The van der Waals surface area contributed by atoms with E-state index < -0.39 is 11.7 Å². The minimum atomic E-state index is -4.42. The summed E-state index contributed by atoms with van der Waals surface area (Å²) in [4.78, 5) is 27.8. The molecule has 0 bridgehead atoms. The largest absolute Gasteiger partial charge is 0.416 e. The van der Waals surface area contributed by atoms with Crippen LogP contribution in [-0.2, 0) is 15.8 Å². The van der Waals surface area contributed by atoms with Crippen LogP contribution in [0.4, 0.5) is 18.9 Å². The molecule has 150 valence electrons. The molecule has 0 radical (unpaired) electrons. The molecule has 1 heterocycles. The third-order valence-corrected chi connectivity index (χ3v) is 4.55. The van der Waals surface area contributed by atoms with Crippen LogP contribution >= 0.6 is 0 Å². The van der Waals surface area contributed by atoms with Crippen LogP contribution in [-0.4, -0.2) is 54.3 Å². The third-order valence-electron chi connectivity index (χ3n) is 4.55. The summed E-state index contributed by atoms with van der Waals surface area (Å²) in [5, 5.41) is 2.75. The van der Waals surface area contributed by atoms with Gasteiger partial charge < -0.3 is 15.1 Å². The van der Waals surface area contributed by atoms with Gasteiger partial charge in [-0.3, -0.25) is 9.59 Å². The topological polar surface area (TPSA) is 52.7 Å². The van der Waals surface area contributed by atoms with Crippen molar-refractivity contribution in [1.82, 2.24) is 9.80 Å². The SMILES string of the molecule is CC(C)CCC(=O)N1CCN(C(=O)CNc2cccc(C(F)(F)F)c2)CC1. The fourth-order valence-electron chi connectivity index (χ4n) is 2.87. The second-order valence-electron chi connectivity index (χ2n) is 7.13. The normalized spacial score (nSPS) is 15.2. The molecule has 1 aromatic rings. The first-order valence-electron chi connectivity index (χ1n) is 9.13. The first-order valence-corrected chi connectivity index (χ1v) is 9.13. The van der Waals surface area contributed by atoms with Crippen LogP contribution in [0.3, 0.4) is 0 Å². The molecule has 1 aliphatic heterocycles. The lowest BCUT2D eigenvalue weighted by Crippen LogP contribution is -2.51. The summed E-state index contributed by atoms with van der Waals surface area (Å²) in [5.74, 6) is 0.387. The molecular weight excluding hydrogens is 359 g/mol. The van der Waals surface area contributed by atoms with Crippen LogP contribution in [0.15, 0.2) is 24.3 Å². The van der Waals surface area contributed by atoms with Crippen molar-refractivity contribution in [2.24, 2.45) is 5.92 Å². The Bertz CT molecular complexity index is 654. The number of nitrogens with zero attached hydrogens (tertiary/aromatic N) is 2. The van der Waals surface area contributed by atoms with E-state index in [0.717, 1.165) is 18.6 Å². The van der Waals surface area contributed by atoms with Crippen LogP contribution in [0.25, 0.3) is 0 Å². The van der Waals surface area contributed by atoms with Crippen molar-refractivity contribution in [2.45, 2.75) is 32.9 Å². The predicted octanol–water partition coefficient (Wildman–Crippen LogP) is 3.22. The lowest BCUT2D eigenvalue weighted by atomic mass is 10.1. The van der Waals surface area contributed by atoms with Gasteiger partial charge in [0, 0.05) is 38.3 Å². The van der Waals surface area contributed by atoms with Gasteiger partial charge in [0.15, 0.2) is 0 Å². The van der Waals surface area contributed by atoms with Gasteiger partial charge in [0.1, 0.15) is 0 Å². The van der Waals surface area contributed by atoms with Gasteiger partial charge in [-0.05, 0) is 30.5 Å². The molecular formula is C19H26F3N3O2. The van der Waals surface area contributed by atoms with Gasteiger partial charge in [0.25, 0.3) is 0 Å². The molecule has 1 fully saturated rings. The Hall–Kier alpha value is -2.25. The zero-order valence-electron chi connectivity index (χ0n) is 15.7. The van der Waals surface area contributed by atoms with Crippen molar-refractivity contribution in [3.63, 3.8) is 0 Å². The summed E-state index contributed by atoms with van der Waals surface area (Å²) in [6.45, 7) is 5.93. The standard InChI is InChI=1S/C19H26F3N3O2/c1-14(2)6-7-17(26)24-8-10-25(11-9-24)18(27)13-23-16-5-3-4-15(12-16)19(20,21)22/h3-5,12,14,23H,6-11,13H2,1-2H3. The zero-order valence-corrected chi connectivity index (χ0v) is 15.7. The maximum Gasteiger partial charge on any atom is 0.416 e. The minimum Gasteiger partial charge on any atom is -0.376 e. The Balaban J connectivity index is 1.79. The van der Waals surface area contributed by atoms with Gasteiger partial charge in [-0.25, -0.2) is 0 Å². The number of anilines is 1. The number of piperazine rings is 1. The number of nitrogens with one attached hydrogen (secondary N) is 1. The van der Waals surface area contributed by atoms with E-state index in [-0.39, 0.29) is 24.0 Å². The van der Waals surface area contributed by atoms with Crippen LogP contribution < -0.4 is 5.32 Å². The Labute approximate surface area is 157 Å². The molecule has 2 rings (SSSR count). The molecule has 0 aliphatic carbocycles. The van der Waals surface area contributed by atoms with Crippen molar-refractivity contribution >= 4 is 17.5 Å². The molecule has 0 spiro atoms. The van der Waals surface area contributed by atoms with Crippen molar-refractivity contribution in [3.05, 3.63) is 29.8 Å². The fourth-order valence-corrected chi connectivity index (χ4v) is 2.87. The summed E-state index contributed by atoms with van der Waals surface area (Å²) in [5.41, 5.74) is -0.505. The van der Waals surface area contributed by atoms with E-state index >= 15 is 0 Å². The van der Waals surface area contributed by atoms with E-state index in [1.54, 1.807) is 9.80 Å². The van der Waals surface area contributed by atoms with E-state index in [4.69, 9.17) is 0 Å². The molecule has 0 aromatic heterocycles. The highest BCUT2D eigenvalue weighted by Gasteiger charge is 2.30. The maximum absolute atomic E-state index is 12.7. The molecule has 27 heavy (non-hydrogen) atoms. The van der Waals surface area contributed by atoms with Gasteiger partial charge in [-0.2, -0.15) is 13.2 Å². The first kappa shape index (κ1) is 21.1. The fraction of sp³-hybridized carbons (Fsp3) is 0.579. The average molecular weight is 385 g/mol. The minimum absolute atomic E-state index is 0.0807. The second-order valence-corrected chi connectivity index (χ2v) is 7.13. The third kappa shape index (κ3) is 6.45. The van der Waals surface area contributed by atoms with Crippen molar-refractivity contribution < 1.29 is 22.8 Å². The zero-order chi connectivity index (χ0) is 20.0. The summed E-state index contributed by atoms with van der Waals surface area (Å²) < 4.78 is 38.2. The predicted molar refractivity (Wildman–Crippen MR) is 97.2 cm³/mol. The Morgan fingerprint density at radius 1 is 1.07 bits per heavy atom. The number of carbonyl (C=O) groups excluding carboxylic acids is 2. The number of hydrogen-bond acceptors (Lipinski definition) is 3. The number of halogens is 3. The molecule has 0 unspecified atom stereocenters. The number of alkyl halides is 3. The number of carbonyl (C=O) groups is 2. The molecule has 0 atom stereocenters. The van der Waals surface area contributed by atoms with Crippen LogP contribution in [0.2, 0.25) is 0 Å². The highest BCUT2D eigenvalue weighted by Crippen LogP contribution is 2.30. The van der Waals surface area contributed by atoms with E-state index in [1.165, 1.54) is 12.1 Å². The smallest absolute Gasteiger partial charge is 0.376 e. The molecule has 2 amide bonds. The molecule has 1 N–H and O–H groups in total. The second kappa shape index (κ2) is 9.10. The van der Waals surface area contributed by atoms with Crippen molar-refractivity contribution in [2.75, 3.05) is 38.0 Å². The molecule has 5 nitrogen and oxygen atoms in total. The number of hydrogen-bond donors (Lipinski definition) is 1. The highest BCUT2D eigenvalue weighted by atomic mass is 19.4. The van der Waals surface area contributed by atoms with Crippen LogP contribution in [0, 0.1) is 5.92 Å². The summed E-state index contributed by atoms with van der Waals surface area (Å²) in [6, 6.07) is 4.77. The molecule has 1 saturated heterocycles. The van der Waals surface area contributed by atoms with E-state index in [2.05, 4.69) is 19.2 Å². The van der Waals surface area contributed by atoms with Gasteiger partial charge in [0.05, 0.1) is 12.1 Å². The quantitative estimate of drug-likeness (QED) is 0.818. The van der Waals surface area contributed by atoms with E-state index in [9.17, 15) is 22.8 Å². The van der Waals surface area contributed by atoms with E-state index in [0.29, 0.717) is 38.5 Å². The molecule has 8 heteroatoms. The Kier molecular flexibility index (Phi) is 7.10.